The predicted octanol–water partition coefficient (Wildman–Crippen LogP) is 1.90. The highest BCUT2D eigenvalue weighted by Gasteiger charge is 1.96. The van der Waals surface area contributed by atoms with E-state index in [1.165, 1.54) is 0 Å². The van der Waals surface area contributed by atoms with Crippen LogP contribution in [0, 0.1) is 6.92 Å². The lowest BCUT2D eigenvalue weighted by molar-refractivity contribution is 0.955. The maximum Gasteiger partial charge on any atom is 0.129 e. The second kappa shape index (κ2) is 4.84. The maximum atomic E-state index is 4.25. The third-order valence-electron chi connectivity index (χ3n) is 1.95. The van der Waals surface area contributed by atoms with Gasteiger partial charge in [0.25, 0.3) is 0 Å². The van der Waals surface area contributed by atoms with E-state index in [4.69, 9.17) is 0 Å². The van der Waals surface area contributed by atoms with Gasteiger partial charge in [-0.15, -0.1) is 11.3 Å². The Kier molecular flexibility index (Phi) is 3.24. The van der Waals surface area contributed by atoms with Gasteiger partial charge in [-0.1, -0.05) is 0 Å². The summed E-state index contributed by atoms with van der Waals surface area (Å²) in [4.78, 5) is 12.5. The van der Waals surface area contributed by atoms with E-state index in [0.717, 1.165) is 30.3 Å². The average molecular weight is 220 g/mol. The van der Waals surface area contributed by atoms with E-state index in [1.807, 2.05) is 18.5 Å². The van der Waals surface area contributed by atoms with E-state index in [1.54, 1.807) is 17.5 Å². The zero-order valence-corrected chi connectivity index (χ0v) is 9.29. The van der Waals surface area contributed by atoms with E-state index < -0.39 is 0 Å². The molecule has 5 heteroatoms. The maximum absolute atomic E-state index is 4.25. The molecule has 15 heavy (non-hydrogen) atoms. The summed E-state index contributed by atoms with van der Waals surface area (Å²) in [5, 5.41) is 5.30. The molecular formula is C10H12N4S. The monoisotopic (exact) mass is 220 g/mol. The summed E-state index contributed by atoms with van der Waals surface area (Å²) in [5.74, 6) is 1.66. The van der Waals surface area contributed by atoms with Gasteiger partial charge in [0, 0.05) is 24.5 Å². The second-order valence-electron chi connectivity index (χ2n) is 3.15. The Morgan fingerprint density at radius 1 is 1.40 bits per heavy atom. The van der Waals surface area contributed by atoms with Gasteiger partial charge < -0.3 is 5.32 Å². The molecule has 0 fully saturated rings. The van der Waals surface area contributed by atoms with Crippen LogP contribution in [0.15, 0.2) is 23.2 Å². The molecule has 78 valence electrons. The summed E-state index contributed by atoms with van der Waals surface area (Å²) in [6.45, 7) is 2.73. The Bertz CT molecular complexity index is 413. The molecule has 0 saturated carbocycles. The molecule has 0 unspecified atom stereocenters. The number of nitrogens with zero attached hydrogens (tertiary/aromatic N) is 3. The summed E-state index contributed by atoms with van der Waals surface area (Å²) in [7, 11) is 0. The van der Waals surface area contributed by atoms with Crippen LogP contribution in [-0.2, 0) is 6.42 Å². The standard InChI is InChI=1S/C10H12N4S/c1-8-11-5-3-10(14-8)12-4-2-9-6-15-7-13-9/h3,5-7H,2,4H2,1H3,(H,11,12,14). The molecule has 2 rings (SSSR count). The quantitative estimate of drug-likeness (QED) is 0.855. The molecule has 0 saturated heterocycles. The molecule has 0 aliphatic heterocycles. The first-order valence-electron chi connectivity index (χ1n) is 4.75. The van der Waals surface area contributed by atoms with Crippen LogP contribution in [0.4, 0.5) is 5.82 Å². The third-order valence-corrected chi connectivity index (χ3v) is 2.58. The average Bonchev–Trinajstić information content (AvgIpc) is 2.71. The zero-order valence-electron chi connectivity index (χ0n) is 8.47. The normalized spacial score (nSPS) is 10.2. The van der Waals surface area contributed by atoms with Crippen LogP contribution in [0.25, 0.3) is 0 Å². The Morgan fingerprint density at radius 2 is 2.33 bits per heavy atom. The molecular weight excluding hydrogens is 208 g/mol. The van der Waals surface area contributed by atoms with Gasteiger partial charge in [-0.2, -0.15) is 0 Å². The van der Waals surface area contributed by atoms with Gasteiger partial charge in [-0.05, 0) is 13.0 Å². The summed E-state index contributed by atoms with van der Waals surface area (Å²) in [6.07, 6.45) is 2.68. The van der Waals surface area contributed by atoms with Gasteiger partial charge >= 0.3 is 0 Å². The Morgan fingerprint density at radius 3 is 3.07 bits per heavy atom. The SMILES string of the molecule is Cc1nccc(NCCc2cscn2)n1. The fourth-order valence-electron chi connectivity index (χ4n) is 1.23. The minimum atomic E-state index is 0.786. The number of anilines is 1. The minimum Gasteiger partial charge on any atom is -0.370 e. The van der Waals surface area contributed by atoms with E-state index >= 15 is 0 Å². The van der Waals surface area contributed by atoms with Crippen molar-refractivity contribution in [2.45, 2.75) is 13.3 Å². The molecule has 2 aromatic rings. The van der Waals surface area contributed by atoms with Gasteiger partial charge in [0.15, 0.2) is 0 Å². The Balaban J connectivity index is 1.83. The fraction of sp³-hybridized carbons (Fsp3) is 0.300. The molecule has 2 aromatic heterocycles. The molecule has 0 aliphatic rings. The number of hydrogen-bond donors (Lipinski definition) is 1. The van der Waals surface area contributed by atoms with Crippen LogP contribution >= 0.6 is 11.3 Å². The summed E-state index contributed by atoms with van der Waals surface area (Å²) in [5.41, 5.74) is 2.97. The molecule has 4 nitrogen and oxygen atoms in total. The topological polar surface area (TPSA) is 50.7 Å². The zero-order chi connectivity index (χ0) is 10.5. The summed E-state index contributed by atoms with van der Waals surface area (Å²) in [6, 6.07) is 1.87. The fourth-order valence-corrected chi connectivity index (χ4v) is 1.83. The first kappa shape index (κ1) is 10.0. The van der Waals surface area contributed by atoms with E-state index in [0.29, 0.717) is 0 Å². The molecule has 0 aliphatic carbocycles. The summed E-state index contributed by atoms with van der Waals surface area (Å²) < 4.78 is 0. The number of nitrogens with one attached hydrogen (secondary N) is 1. The van der Waals surface area contributed by atoms with E-state index in [-0.39, 0.29) is 0 Å². The van der Waals surface area contributed by atoms with Crippen LogP contribution in [0.5, 0.6) is 0 Å². The minimum absolute atomic E-state index is 0.786. The molecule has 0 aromatic carbocycles. The molecule has 0 amide bonds. The van der Waals surface area contributed by atoms with Gasteiger partial charge in [0.05, 0.1) is 11.2 Å². The van der Waals surface area contributed by atoms with Gasteiger partial charge in [0.1, 0.15) is 11.6 Å². The largest absolute Gasteiger partial charge is 0.370 e. The highest BCUT2D eigenvalue weighted by atomic mass is 32.1. The molecule has 1 N–H and O–H groups in total. The Hall–Kier alpha value is -1.49. The van der Waals surface area contributed by atoms with Gasteiger partial charge in [-0.3, -0.25) is 0 Å². The number of aryl methyl sites for hydroxylation is 1. The molecule has 0 spiro atoms. The van der Waals surface area contributed by atoms with Crippen molar-refractivity contribution < 1.29 is 0 Å². The van der Waals surface area contributed by atoms with Crippen molar-refractivity contribution in [2.24, 2.45) is 0 Å². The number of thiazole rings is 1. The number of rotatable bonds is 4. The van der Waals surface area contributed by atoms with E-state index in [2.05, 4.69) is 25.6 Å². The van der Waals surface area contributed by atoms with Crippen LogP contribution < -0.4 is 5.32 Å². The lowest BCUT2D eigenvalue weighted by Gasteiger charge is -2.03. The molecule has 0 bridgehead atoms. The van der Waals surface area contributed by atoms with Crippen molar-refractivity contribution in [3.05, 3.63) is 34.7 Å². The lowest BCUT2D eigenvalue weighted by Crippen LogP contribution is -2.07. The molecule has 0 atom stereocenters. The predicted molar refractivity (Wildman–Crippen MR) is 61.1 cm³/mol. The summed E-state index contributed by atoms with van der Waals surface area (Å²) >= 11 is 1.62. The first-order chi connectivity index (χ1) is 7.34. The second-order valence-corrected chi connectivity index (χ2v) is 3.86. The number of hydrogen-bond acceptors (Lipinski definition) is 5. The van der Waals surface area contributed by atoms with Crippen LogP contribution in [0.3, 0.4) is 0 Å². The molecule has 0 radical (unpaired) electrons. The van der Waals surface area contributed by atoms with E-state index in [9.17, 15) is 0 Å². The van der Waals surface area contributed by atoms with Crippen molar-refractivity contribution in [1.29, 1.82) is 0 Å². The van der Waals surface area contributed by atoms with Crippen molar-refractivity contribution in [3.8, 4) is 0 Å². The van der Waals surface area contributed by atoms with Crippen molar-refractivity contribution >= 4 is 17.2 Å². The number of aromatic nitrogens is 3. The smallest absolute Gasteiger partial charge is 0.129 e. The lowest BCUT2D eigenvalue weighted by atomic mass is 10.3. The first-order valence-corrected chi connectivity index (χ1v) is 5.69. The van der Waals surface area contributed by atoms with Gasteiger partial charge in [0.2, 0.25) is 0 Å². The van der Waals surface area contributed by atoms with Crippen LogP contribution in [0.1, 0.15) is 11.5 Å². The highest BCUT2D eigenvalue weighted by molar-refractivity contribution is 7.07. The van der Waals surface area contributed by atoms with Crippen molar-refractivity contribution in [1.82, 2.24) is 15.0 Å². The highest BCUT2D eigenvalue weighted by Crippen LogP contribution is 2.04. The Labute approximate surface area is 92.4 Å². The van der Waals surface area contributed by atoms with Crippen LogP contribution in [0.2, 0.25) is 0 Å². The van der Waals surface area contributed by atoms with Crippen LogP contribution in [-0.4, -0.2) is 21.5 Å². The molecule has 2 heterocycles. The van der Waals surface area contributed by atoms with Crippen molar-refractivity contribution in [3.63, 3.8) is 0 Å². The van der Waals surface area contributed by atoms with Gasteiger partial charge in [-0.25, -0.2) is 15.0 Å². The van der Waals surface area contributed by atoms with Crippen molar-refractivity contribution in [2.75, 3.05) is 11.9 Å². The third kappa shape index (κ3) is 2.99.